The van der Waals surface area contributed by atoms with E-state index in [-0.39, 0.29) is 0 Å². The maximum Gasteiger partial charge on any atom is 0.213 e. The van der Waals surface area contributed by atoms with Crippen LogP contribution in [-0.2, 0) is 7.05 Å². The van der Waals surface area contributed by atoms with E-state index >= 15 is 0 Å². The summed E-state index contributed by atoms with van der Waals surface area (Å²) >= 11 is 0. The van der Waals surface area contributed by atoms with Crippen LogP contribution in [0.2, 0.25) is 0 Å². The van der Waals surface area contributed by atoms with Crippen LogP contribution in [-0.4, -0.2) is 29.8 Å². The monoisotopic (exact) mass is 245 g/mol. The molecule has 0 amide bonds. The number of piperidine rings is 1. The Morgan fingerprint density at radius 1 is 1.33 bits per heavy atom. The van der Waals surface area contributed by atoms with Crippen LogP contribution in [0.3, 0.4) is 0 Å². The molecule has 0 aromatic carbocycles. The van der Waals surface area contributed by atoms with E-state index in [1.807, 2.05) is 6.07 Å². The van der Waals surface area contributed by atoms with Gasteiger partial charge in [-0.05, 0) is 38.1 Å². The highest BCUT2D eigenvalue weighted by molar-refractivity contribution is 5.78. The van der Waals surface area contributed by atoms with Crippen molar-refractivity contribution in [2.45, 2.75) is 18.8 Å². The van der Waals surface area contributed by atoms with E-state index < -0.39 is 0 Å². The fourth-order valence-corrected chi connectivity index (χ4v) is 2.84. The van der Waals surface area contributed by atoms with Crippen LogP contribution in [0.15, 0.2) is 18.2 Å². The summed E-state index contributed by atoms with van der Waals surface area (Å²) in [7, 11) is 3.79. The Labute approximate surface area is 107 Å². The second-order valence-corrected chi connectivity index (χ2v) is 4.91. The van der Waals surface area contributed by atoms with Gasteiger partial charge in [0, 0.05) is 24.7 Å². The summed E-state index contributed by atoms with van der Waals surface area (Å²) < 4.78 is 7.46. The molecule has 2 aromatic heterocycles. The number of fused-ring (bicyclic) bond motifs is 1. The molecule has 96 valence electrons. The second kappa shape index (κ2) is 4.61. The standard InChI is InChI=1S/C14H19N3O/c1-17-12-3-4-14(18-2)16-11(12)9-13(17)10-5-7-15-8-6-10/h3-4,9-10,15H,5-8H2,1-2H3. The van der Waals surface area contributed by atoms with Crippen LogP contribution in [0.5, 0.6) is 5.88 Å². The summed E-state index contributed by atoms with van der Waals surface area (Å²) in [5.41, 5.74) is 3.61. The zero-order chi connectivity index (χ0) is 12.5. The second-order valence-electron chi connectivity index (χ2n) is 4.91. The molecule has 0 unspecified atom stereocenters. The van der Waals surface area contributed by atoms with Crippen molar-refractivity contribution in [3.8, 4) is 5.88 Å². The van der Waals surface area contributed by atoms with Gasteiger partial charge in [0.1, 0.15) is 0 Å². The summed E-state index contributed by atoms with van der Waals surface area (Å²) in [5, 5.41) is 3.41. The molecule has 1 N–H and O–H groups in total. The van der Waals surface area contributed by atoms with Crippen molar-refractivity contribution in [1.29, 1.82) is 0 Å². The molecule has 4 nitrogen and oxygen atoms in total. The van der Waals surface area contributed by atoms with Crippen molar-refractivity contribution in [3.05, 3.63) is 23.9 Å². The number of aryl methyl sites for hydroxylation is 1. The summed E-state index contributed by atoms with van der Waals surface area (Å²) in [6.07, 6.45) is 2.42. The van der Waals surface area contributed by atoms with Gasteiger partial charge in [0.15, 0.2) is 0 Å². The molecule has 2 aromatic rings. The molecule has 0 spiro atoms. The third kappa shape index (κ3) is 1.86. The highest BCUT2D eigenvalue weighted by Crippen LogP contribution is 2.30. The third-order valence-electron chi connectivity index (χ3n) is 3.88. The van der Waals surface area contributed by atoms with Crippen LogP contribution in [0.1, 0.15) is 24.5 Å². The van der Waals surface area contributed by atoms with Crippen LogP contribution >= 0.6 is 0 Å². The van der Waals surface area contributed by atoms with Gasteiger partial charge < -0.3 is 14.6 Å². The molecule has 1 saturated heterocycles. The van der Waals surface area contributed by atoms with Gasteiger partial charge in [-0.3, -0.25) is 0 Å². The fraction of sp³-hybridized carbons (Fsp3) is 0.500. The number of pyridine rings is 1. The Hall–Kier alpha value is -1.55. The average Bonchev–Trinajstić information content (AvgIpc) is 2.76. The Bertz CT molecular complexity index is 555. The molecule has 1 aliphatic heterocycles. The quantitative estimate of drug-likeness (QED) is 0.880. The normalized spacial score (nSPS) is 17.2. The van der Waals surface area contributed by atoms with E-state index in [1.165, 1.54) is 24.1 Å². The number of nitrogens with zero attached hydrogens (tertiary/aromatic N) is 2. The Morgan fingerprint density at radius 2 is 2.11 bits per heavy atom. The first kappa shape index (κ1) is 11.5. The summed E-state index contributed by atoms with van der Waals surface area (Å²) in [4.78, 5) is 4.51. The van der Waals surface area contributed by atoms with Crippen LogP contribution in [0.4, 0.5) is 0 Å². The third-order valence-corrected chi connectivity index (χ3v) is 3.88. The van der Waals surface area contributed by atoms with Gasteiger partial charge in [-0.2, -0.15) is 0 Å². The number of hydrogen-bond acceptors (Lipinski definition) is 3. The zero-order valence-electron chi connectivity index (χ0n) is 10.9. The van der Waals surface area contributed by atoms with Gasteiger partial charge in [-0.1, -0.05) is 0 Å². The predicted molar refractivity (Wildman–Crippen MR) is 72.1 cm³/mol. The van der Waals surface area contributed by atoms with Crippen molar-refractivity contribution in [2.24, 2.45) is 7.05 Å². The zero-order valence-corrected chi connectivity index (χ0v) is 10.9. The van der Waals surface area contributed by atoms with Crippen molar-refractivity contribution in [1.82, 2.24) is 14.9 Å². The van der Waals surface area contributed by atoms with Gasteiger partial charge in [0.05, 0.1) is 18.1 Å². The minimum Gasteiger partial charge on any atom is -0.481 e. The first-order valence-corrected chi connectivity index (χ1v) is 6.50. The molecular formula is C14H19N3O. The lowest BCUT2D eigenvalue weighted by atomic mass is 9.95. The molecule has 1 aliphatic rings. The van der Waals surface area contributed by atoms with Crippen molar-refractivity contribution >= 4 is 11.0 Å². The van der Waals surface area contributed by atoms with Crippen LogP contribution in [0.25, 0.3) is 11.0 Å². The Kier molecular flexibility index (Phi) is 2.96. The van der Waals surface area contributed by atoms with Gasteiger partial charge >= 0.3 is 0 Å². The minimum absolute atomic E-state index is 0.649. The molecule has 0 radical (unpaired) electrons. The lowest BCUT2D eigenvalue weighted by Gasteiger charge is -2.23. The molecular weight excluding hydrogens is 226 g/mol. The van der Waals surface area contributed by atoms with E-state index in [0.29, 0.717) is 11.8 Å². The number of ether oxygens (including phenoxy) is 1. The Balaban J connectivity index is 2.04. The molecule has 0 bridgehead atoms. The molecule has 0 aliphatic carbocycles. The average molecular weight is 245 g/mol. The molecule has 0 saturated carbocycles. The molecule has 1 fully saturated rings. The molecule has 3 rings (SSSR count). The lowest BCUT2D eigenvalue weighted by molar-refractivity contribution is 0.399. The SMILES string of the molecule is COc1ccc2c(cc(C3CCNCC3)n2C)n1. The number of hydrogen-bond donors (Lipinski definition) is 1. The highest BCUT2D eigenvalue weighted by atomic mass is 16.5. The van der Waals surface area contributed by atoms with Crippen LogP contribution in [0, 0.1) is 0 Å². The van der Waals surface area contributed by atoms with Gasteiger partial charge in [0.2, 0.25) is 5.88 Å². The summed E-state index contributed by atoms with van der Waals surface area (Å²) in [5.74, 6) is 1.33. The van der Waals surface area contributed by atoms with E-state index in [0.717, 1.165) is 18.6 Å². The minimum atomic E-state index is 0.649. The highest BCUT2D eigenvalue weighted by Gasteiger charge is 2.19. The van der Waals surface area contributed by atoms with E-state index in [2.05, 4.69) is 34.0 Å². The molecule has 4 heteroatoms. The van der Waals surface area contributed by atoms with Crippen LogP contribution < -0.4 is 10.1 Å². The number of rotatable bonds is 2. The number of methoxy groups -OCH3 is 1. The van der Waals surface area contributed by atoms with Gasteiger partial charge in [-0.25, -0.2) is 4.98 Å². The fourth-order valence-electron chi connectivity index (χ4n) is 2.84. The van der Waals surface area contributed by atoms with E-state index in [9.17, 15) is 0 Å². The lowest BCUT2D eigenvalue weighted by Crippen LogP contribution is -2.27. The molecule has 3 heterocycles. The smallest absolute Gasteiger partial charge is 0.213 e. The van der Waals surface area contributed by atoms with Crippen molar-refractivity contribution in [3.63, 3.8) is 0 Å². The topological polar surface area (TPSA) is 39.1 Å². The van der Waals surface area contributed by atoms with E-state index in [1.54, 1.807) is 7.11 Å². The van der Waals surface area contributed by atoms with Gasteiger partial charge in [0.25, 0.3) is 0 Å². The van der Waals surface area contributed by atoms with Crippen molar-refractivity contribution in [2.75, 3.05) is 20.2 Å². The number of nitrogens with one attached hydrogen (secondary N) is 1. The van der Waals surface area contributed by atoms with E-state index in [4.69, 9.17) is 4.74 Å². The molecule has 0 atom stereocenters. The largest absolute Gasteiger partial charge is 0.481 e. The maximum absolute atomic E-state index is 5.19. The van der Waals surface area contributed by atoms with Crippen molar-refractivity contribution < 1.29 is 4.74 Å². The molecule has 18 heavy (non-hydrogen) atoms. The maximum atomic E-state index is 5.19. The summed E-state index contributed by atoms with van der Waals surface area (Å²) in [6.45, 7) is 2.23. The predicted octanol–water partition coefficient (Wildman–Crippen LogP) is 2.05. The first-order valence-electron chi connectivity index (χ1n) is 6.50. The number of aromatic nitrogens is 2. The first-order chi connectivity index (χ1) is 8.79. The van der Waals surface area contributed by atoms with Gasteiger partial charge in [-0.15, -0.1) is 0 Å². The summed E-state index contributed by atoms with van der Waals surface area (Å²) in [6, 6.07) is 6.23. The Morgan fingerprint density at radius 3 is 2.83 bits per heavy atom.